The Morgan fingerprint density at radius 2 is 2.00 bits per heavy atom. The van der Waals surface area contributed by atoms with Crippen molar-refractivity contribution in [2.45, 2.75) is 24.9 Å². The average molecular weight is 262 g/mol. The molecule has 5 heteroatoms. The fraction of sp³-hybridized carbons (Fsp3) is 0.500. The van der Waals surface area contributed by atoms with Crippen molar-refractivity contribution in [2.75, 3.05) is 20.3 Å². The van der Waals surface area contributed by atoms with Crippen molar-refractivity contribution in [1.29, 1.82) is 0 Å². The van der Waals surface area contributed by atoms with Gasteiger partial charge in [0.25, 0.3) is 0 Å². The van der Waals surface area contributed by atoms with Crippen LogP contribution in [0.2, 0.25) is 0 Å². The Morgan fingerprint density at radius 3 is 2.79 bits per heavy atom. The molecule has 1 amide bonds. The van der Waals surface area contributed by atoms with Gasteiger partial charge in [0.1, 0.15) is 13.2 Å². The summed E-state index contributed by atoms with van der Waals surface area (Å²) in [5.74, 6) is 1.64. The molecule has 0 aliphatic carbocycles. The molecule has 2 atom stereocenters. The predicted octanol–water partition coefficient (Wildman–Crippen LogP) is 1.08. The van der Waals surface area contributed by atoms with Crippen LogP contribution in [0.15, 0.2) is 18.2 Å². The monoisotopic (exact) mass is 262 g/mol. The molecule has 3 rings (SSSR count). The Balaban J connectivity index is 1.94. The predicted molar refractivity (Wildman–Crippen MR) is 70.2 cm³/mol. The normalized spacial score (nSPS) is 26.4. The van der Waals surface area contributed by atoms with Crippen molar-refractivity contribution >= 4 is 5.91 Å². The molecule has 102 valence electrons. The van der Waals surface area contributed by atoms with Gasteiger partial charge in [-0.25, -0.2) is 0 Å². The largest absolute Gasteiger partial charge is 0.486 e. The first-order chi connectivity index (χ1) is 9.16. The first-order valence-corrected chi connectivity index (χ1v) is 6.57. The second kappa shape index (κ2) is 4.74. The van der Waals surface area contributed by atoms with E-state index in [9.17, 15) is 4.79 Å². The van der Waals surface area contributed by atoms with E-state index in [1.807, 2.05) is 25.2 Å². The Labute approximate surface area is 112 Å². The second-order valence-corrected chi connectivity index (χ2v) is 5.06. The number of amides is 1. The first-order valence-electron chi connectivity index (χ1n) is 6.57. The van der Waals surface area contributed by atoms with Crippen molar-refractivity contribution in [3.8, 4) is 11.5 Å². The summed E-state index contributed by atoms with van der Waals surface area (Å²) in [4.78, 5) is 13.6. The molecule has 1 fully saturated rings. The van der Waals surface area contributed by atoms with Gasteiger partial charge in [-0.15, -0.1) is 0 Å². The molecule has 0 bridgehead atoms. The minimum absolute atomic E-state index is 0.0368. The van der Waals surface area contributed by atoms with Crippen LogP contribution >= 0.6 is 0 Å². The number of hydrogen-bond acceptors (Lipinski definition) is 4. The van der Waals surface area contributed by atoms with Crippen molar-refractivity contribution < 1.29 is 14.3 Å². The van der Waals surface area contributed by atoms with E-state index in [4.69, 9.17) is 15.2 Å². The van der Waals surface area contributed by atoms with Crippen LogP contribution in [-0.2, 0) is 4.79 Å². The molecular formula is C14H18N2O3. The maximum absolute atomic E-state index is 11.8. The second-order valence-electron chi connectivity index (χ2n) is 5.06. The number of benzene rings is 1. The maximum atomic E-state index is 11.8. The lowest BCUT2D eigenvalue weighted by atomic mass is 9.91. The molecular weight excluding hydrogens is 244 g/mol. The number of nitrogens with zero attached hydrogens (tertiary/aromatic N) is 1. The first kappa shape index (κ1) is 12.3. The number of piperidine rings is 1. The summed E-state index contributed by atoms with van der Waals surface area (Å²) in [6.45, 7) is 1.13. The molecule has 0 aromatic heterocycles. The Morgan fingerprint density at radius 1 is 1.26 bits per heavy atom. The van der Waals surface area contributed by atoms with Crippen LogP contribution in [0.4, 0.5) is 0 Å². The SMILES string of the molecule is CN1C(=O)CCC(N)C1c1ccc2c(c1)OCCO2. The number of likely N-dealkylation sites (N-methyl/N-ethyl adjacent to an activating group) is 1. The summed E-state index contributed by atoms with van der Waals surface area (Å²) in [5.41, 5.74) is 7.18. The zero-order chi connectivity index (χ0) is 13.4. The molecule has 1 aromatic rings. The lowest BCUT2D eigenvalue weighted by Crippen LogP contribution is -2.46. The fourth-order valence-corrected chi connectivity index (χ4v) is 2.78. The van der Waals surface area contributed by atoms with Gasteiger partial charge in [-0.1, -0.05) is 6.07 Å². The van der Waals surface area contributed by atoms with E-state index in [0.717, 1.165) is 23.5 Å². The highest BCUT2D eigenvalue weighted by atomic mass is 16.6. The lowest BCUT2D eigenvalue weighted by Gasteiger charge is -2.37. The van der Waals surface area contributed by atoms with Crippen LogP contribution in [0.25, 0.3) is 0 Å². The summed E-state index contributed by atoms with van der Waals surface area (Å²) >= 11 is 0. The molecule has 0 saturated carbocycles. The Bertz CT molecular complexity index is 503. The van der Waals surface area contributed by atoms with Crippen LogP contribution in [0.1, 0.15) is 24.4 Å². The van der Waals surface area contributed by atoms with Crippen LogP contribution in [0, 0.1) is 0 Å². The molecule has 19 heavy (non-hydrogen) atoms. The zero-order valence-electron chi connectivity index (χ0n) is 11.0. The molecule has 0 spiro atoms. The van der Waals surface area contributed by atoms with E-state index < -0.39 is 0 Å². The highest BCUT2D eigenvalue weighted by molar-refractivity contribution is 5.77. The van der Waals surface area contributed by atoms with Gasteiger partial charge in [0.05, 0.1) is 6.04 Å². The van der Waals surface area contributed by atoms with E-state index >= 15 is 0 Å². The summed E-state index contributed by atoms with van der Waals surface area (Å²) in [5, 5.41) is 0. The van der Waals surface area contributed by atoms with Gasteiger partial charge in [-0.3, -0.25) is 4.79 Å². The third-order valence-corrected chi connectivity index (χ3v) is 3.82. The topological polar surface area (TPSA) is 64.8 Å². The van der Waals surface area contributed by atoms with E-state index in [1.165, 1.54) is 0 Å². The summed E-state index contributed by atoms with van der Waals surface area (Å²) in [6.07, 6.45) is 1.25. The van der Waals surface area contributed by atoms with Gasteiger partial charge in [0.2, 0.25) is 5.91 Å². The summed E-state index contributed by atoms with van der Waals surface area (Å²) < 4.78 is 11.1. The maximum Gasteiger partial charge on any atom is 0.222 e. The molecule has 2 N–H and O–H groups in total. The van der Waals surface area contributed by atoms with Crippen molar-refractivity contribution in [3.63, 3.8) is 0 Å². The van der Waals surface area contributed by atoms with Crippen LogP contribution in [0.5, 0.6) is 11.5 Å². The summed E-state index contributed by atoms with van der Waals surface area (Å²) in [6, 6.07) is 5.67. The van der Waals surface area contributed by atoms with Crippen molar-refractivity contribution in [1.82, 2.24) is 4.90 Å². The quantitative estimate of drug-likeness (QED) is 0.822. The standard InChI is InChI=1S/C14H18N2O3/c1-16-13(17)5-3-10(15)14(16)9-2-4-11-12(8-9)19-7-6-18-11/h2,4,8,10,14H,3,5-7,15H2,1H3. The molecule has 2 aliphatic heterocycles. The minimum Gasteiger partial charge on any atom is -0.486 e. The van der Waals surface area contributed by atoms with Gasteiger partial charge in [0.15, 0.2) is 11.5 Å². The van der Waals surface area contributed by atoms with Crippen molar-refractivity contribution in [2.24, 2.45) is 5.73 Å². The van der Waals surface area contributed by atoms with E-state index in [2.05, 4.69) is 0 Å². The fourth-order valence-electron chi connectivity index (χ4n) is 2.78. The number of carbonyl (C=O) groups excluding carboxylic acids is 1. The van der Waals surface area contributed by atoms with Gasteiger partial charge >= 0.3 is 0 Å². The van der Waals surface area contributed by atoms with E-state index in [-0.39, 0.29) is 18.0 Å². The highest BCUT2D eigenvalue weighted by Gasteiger charge is 2.33. The number of nitrogens with two attached hydrogens (primary N) is 1. The van der Waals surface area contributed by atoms with Gasteiger partial charge in [-0.2, -0.15) is 0 Å². The minimum atomic E-state index is -0.0860. The van der Waals surface area contributed by atoms with Crippen LogP contribution in [-0.4, -0.2) is 37.1 Å². The number of hydrogen-bond donors (Lipinski definition) is 1. The third kappa shape index (κ3) is 2.14. The molecule has 1 aromatic carbocycles. The van der Waals surface area contributed by atoms with Gasteiger partial charge < -0.3 is 20.1 Å². The molecule has 2 heterocycles. The average Bonchev–Trinajstić information content (AvgIpc) is 2.43. The molecule has 2 unspecified atom stereocenters. The molecule has 5 nitrogen and oxygen atoms in total. The Kier molecular flexibility index (Phi) is 3.06. The number of carbonyl (C=O) groups is 1. The molecule has 0 radical (unpaired) electrons. The van der Waals surface area contributed by atoms with E-state index in [0.29, 0.717) is 19.6 Å². The number of likely N-dealkylation sites (tertiary alicyclic amines) is 1. The summed E-state index contributed by atoms with van der Waals surface area (Å²) in [7, 11) is 1.81. The molecule has 2 aliphatic rings. The van der Waals surface area contributed by atoms with Crippen molar-refractivity contribution in [3.05, 3.63) is 23.8 Å². The number of fused-ring (bicyclic) bond motifs is 1. The third-order valence-electron chi connectivity index (χ3n) is 3.82. The number of rotatable bonds is 1. The smallest absolute Gasteiger partial charge is 0.222 e. The highest BCUT2D eigenvalue weighted by Crippen LogP contribution is 2.36. The molecule has 1 saturated heterocycles. The van der Waals surface area contributed by atoms with Crippen LogP contribution < -0.4 is 15.2 Å². The van der Waals surface area contributed by atoms with Crippen LogP contribution in [0.3, 0.4) is 0 Å². The number of ether oxygens (including phenoxy) is 2. The van der Waals surface area contributed by atoms with Gasteiger partial charge in [0, 0.05) is 19.5 Å². The van der Waals surface area contributed by atoms with Gasteiger partial charge in [-0.05, 0) is 24.1 Å². The lowest BCUT2D eigenvalue weighted by molar-refractivity contribution is -0.135. The Hall–Kier alpha value is -1.75. The van der Waals surface area contributed by atoms with E-state index in [1.54, 1.807) is 4.90 Å². The zero-order valence-corrected chi connectivity index (χ0v) is 11.0.